The summed E-state index contributed by atoms with van der Waals surface area (Å²) in [6.07, 6.45) is 4.12. The molecule has 0 saturated carbocycles. The van der Waals surface area contributed by atoms with Crippen molar-refractivity contribution >= 4 is 61.0 Å². The number of amides is 1. The third kappa shape index (κ3) is 3.68. The molecule has 3 rings (SSSR count). The van der Waals surface area contributed by atoms with Crippen LogP contribution in [0.4, 0.5) is 0 Å². The predicted molar refractivity (Wildman–Crippen MR) is 102 cm³/mol. The van der Waals surface area contributed by atoms with Gasteiger partial charge in [-0.3, -0.25) is 9.78 Å². The van der Waals surface area contributed by atoms with Crippen LogP contribution in [0, 0.1) is 0 Å². The SMILES string of the molecule is CCOc1c(S(C)(=O)=O)cnc2ccc(/C=C3/SC(=S)NC3=O)cc12. The molecule has 6 nitrogen and oxygen atoms in total. The fourth-order valence-electron chi connectivity index (χ4n) is 2.39. The highest BCUT2D eigenvalue weighted by Gasteiger charge is 2.22. The summed E-state index contributed by atoms with van der Waals surface area (Å²) in [6, 6.07) is 5.31. The number of fused-ring (bicyclic) bond motifs is 1. The predicted octanol–water partition coefficient (Wildman–Crippen LogP) is 2.53. The normalized spacial score (nSPS) is 16.5. The van der Waals surface area contributed by atoms with Gasteiger partial charge in [-0.2, -0.15) is 0 Å². The molecule has 1 aromatic carbocycles. The molecule has 0 aliphatic carbocycles. The maximum absolute atomic E-state index is 12.0. The van der Waals surface area contributed by atoms with Crippen molar-refractivity contribution in [2.24, 2.45) is 0 Å². The van der Waals surface area contributed by atoms with Crippen molar-refractivity contribution in [2.45, 2.75) is 11.8 Å². The van der Waals surface area contributed by atoms with Crippen LogP contribution in [-0.2, 0) is 14.6 Å². The van der Waals surface area contributed by atoms with Gasteiger partial charge in [0.2, 0.25) is 0 Å². The van der Waals surface area contributed by atoms with E-state index in [4.69, 9.17) is 17.0 Å². The Balaban J connectivity index is 2.19. The van der Waals surface area contributed by atoms with Crippen LogP contribution >= 0.6 is 24.0 Å². The van der Waals surface area contributed by atoms with Gasteiger partial charge in [0.25, 0.3) is 5.91 Å². The number of aromatic nitrogens is 1. The van der Waals surface area contributed by atoms with Crippen molar-refractivity contribution in [1.29, 1.82) is 0 Å². The minimum Gasteiger partial charge on any atom is -0.492 e. The minimum absolute atomic E-state index is 0.0424. The van der Waals surface area contributed by atoms with Crippen molar-refractivity contribution in [3.8, 4) is 5.75 Å². The smallest absolute Gasteiger partial charge is 0.263 e. The lowest BCUT2D eigenvalue weighted by Gasteiger charge is -2.12. The van der Waals surface area contributed by atoms with E-state index in [0.29, 0.717) is 26.7 Å². The summed E-state index contributed by atoms with van der Waals surface area (Å²) in [6.45, 7) is 2.10. The molecule has 2 heterocycles. The molecule has 0 bridgehead atoms. The first kappa shape index (κ1) is 17.8. The highest BCUT2D eigenvalue weighted by Crippen LogP contribution is 2.33. The molecule has 0 atom stereocenters. The summed E-state index contributed by atoms with van der Waals surface area (Å²) in [5.41, 5.74) is 1.33. The van der Waals surface area contributed by atoms with Gasteiger partial charge in [0.15, 0.2) is 9.84 Å². The van der Waals surface area contributed by atoms with E-state index in [0.717, 1.165) is 11.8 Å². The maximum atomic E-state index is 12.0. The molecule has 1 saturated heterocycles. The van der Waals surface area contributed by atoms with E-state index < -0.39 is 9.84 Å². The van der Waals surface area contributed by atoms with Gasteiger partial charge < -0.3 is 10.1 Å². The Labute approximate surface area is 154 Å². The van der Waals surface area contributed by atoms with Crippen LogP contribution in [0.1, 0.15) is 12.5 Å². The standard InChI is InChI=1S/C16H14N2O4S3/c1-3-22-14-10-6-9(7-12-15(19)18-16(23)24-12)4-5-11(10)17-8-13(14)25(2,20)21/h4-8H,3H2,1-2H3,(H,18,19,23)/b12-7+. The largest absolute Gasteiger partial charge is 0.492 e. The maximum Gasteiger partial charge on any atom is 0.263 e. The molecule has 2 aromatic rings. The summed E-state index contributed by atoms with van der Waals surface area (Å²) in [4.78, 5) is 16.5. The van der Waals surface area contributed by atoms with Crippen LogP contribution < -0.4 is 10.1 Å². The number of nitrogens with one attached hydrogen (secondary N) is 1. The monoisotopic (exact) mass is 394 g/mol. The summed E-state index contributed by atoms with van der Waals surface area (Å²) >= 11 is 6.16. The lowest BCUT2D eigenvalue weighted by molar-refractivity contribution is -0.115. The number of thioether (sulfide) groups is 1. The number of thiocarbonyl (C=S) groups is 1. The number of hydrogen-bond donors (Lipinski definition) is 1. The van der Waals surface area contributed by atoms with Crippen molar-refractivity contribution in [1.82, 2.24) is 10.3 Å². The van der Waals surface area contributed by atoms with Gasteiger partial charge in [0.1, 0.15) is 15.0 Å². The van der Waals surface area contributed by atoms with Gasteiger partial charge in [0.05, 0.1) is 23.2 Å². The van der Waals surface area contributed by atoms with Gasteiger partial charge in [-0.05, 0) is 30.7 Å². The lowest BCUT2D eigenvalue weighted by Crippen LogP contribution is -2.17. The van der Waals surface area contributed by atoms with Crippen molar-refractivity contribution in [3.63, 3.8) is 0 Å². The van der Waals surface area contributed by atoms with Crippen molar-refractivity contribution in [3.05, 3.63) is 34.9 Å². The third-order valence-electron chi connectivity index (χ3n) is 3.44. The molecule has 0 spiro atoms. The number of hydrogen-bond acceptors (Lipinski definition) is 7. The zero-order valence-electron chi connectivity index (χ0n) is 13.4. The van der Waals surface area contributed by atoms with E-state index in [1.54, 1.807) is 31.2 Å². The number of ether oxygens (including phenoxy) is 1. The first-order chi connectivity index (χ1) is 11.8. The number of rotatable bonds is 4. The Bertz CT molecular complexity index is 1030. The fourth-order valence-corrected chi connectivity index (χ4v) is 4.18. The molecule has 1 amide bonds. The van der Waals surface area contributed by atoms with Crippen LogP contribution in [0.25, 0.3) is 17.0 Å². The first-order valence-electron chi connectivity index (χ1n) is 7.30. The van der Waals surface area contributed by atoms with Crippen LogP contribution in [0.5, 0.6) is 5.75 Å². The topological polar surface area (TPSA) is 85.4 Å². The average Bonchev–Trinajstić information content (AvgIpc) is 2.84. The molecule has 1 aromatic heterocycles. The van der Waals surface area contributed by atoms with Gasteiger partial charge in [-0.1, -0.05) is 30.0 Å². The molecule has 1 fully saturated rings. The van der Waals surface area contributed by atoms with Gasteiger partial charge in [-0.15, -0.1) is 0 Å². The number of carbonyl (C=O) groups excluding carboxylic acids is 1. The highest BCUT2D eigenvalue weighted by molar-refractivity contribution is 8.26. The quantitative estimate of drug-likeness (QED) is 0.630. The second-order valence-electron chi connectivity index (χ2n) is 5.29. The van der Waals surface area contributed by atoms with Crippen molar-refractivity contribution in [2.75, 3.05) is 12.9 Å². The third-order valence-corrected chi connectivity index (χ3v) is 5.69. The summed E-state index contributed by atoms with van der Waals surface area (Å²) in [7, 11) is -3.49. The summed E-state index contributed by atoms with van der Waals surface area (Å²) in [5.74, 6) is 0.0254. The van der Waals surface area contributed by atoms with E-state index in [1.165, 1.54) is 18.0 Å². The van der Waals surface area contributed by atoms with Crippen molar-refractivity contribution < 1.29 is 17.9 Å². The molecule has 9 heteroatoms. The molecular formula is C16H14N2O4S3. The summed E-state index contributed by atoms with van der Waals surface area (Å²) < 4.78 is 30.0. The van der Waals surface area contributed by atoms with E-state index in [-0.39, 0.29) is 16.6 Å². The average molecular weight is 394 g/mol. The minimum atomic E-state index is -3.49. The highest BCUT2D eigenvalue weighted by atomic mass is 32.2. The van der Waals surface area contributed by atoms with E-state index in [9.17, 15) is 13.2 Å². The number of pyridine rings is 1. The molecule has 0 unspecified atom stereocenters. The zero-order valence-corrected chi connectivity index (χ0v) is 15.8. The molecule has 25 heavy (non-hydrogen) atoms. The van der Waals surface area contributed by atoms with Gasteiger partial charge in [0, 0.05) is 11.6 Å². The Hall–Kier alpha value is -1.97. The number of benzene rings is 1. The number of carbonyl (C=O) groups is 1. The van der Waals surface area contributed by atoms with Crippen LogP contribution in [0.3, 0.4) is 0 Å². The van der Waals surface area contributed by atoms with E-state index in [2.05, 4.69) is 10.3 Å². The van der Waals surface area contributed by atoms with Gasteiger partial charge >= 0.3 is 0 Å². The molecule has 1 N–H and O–H groups in total. The zero-order chi connectivity index (χ0) is 18.2. The lowest BCUT2D eigenvalue weighted by atomic mass is 10.1. The first-order valence-corrected chi connectivity index (χ1v) is 10.4. The molecular weight excluding hydrogens is 380 g/mol. The number of sulfone groups is 1. The molecule has 1 aliphatic rings. The second kappa shape index (κ2) is 6.74. The molecule has 130 valence electrons. The summed E-state index contributed by atoms with van der Waals surface area (Å²) in [5, 5.41) is 3.13. The Morgan fingerprint density at radius 3 is 2.76 bits per heavy atom. The number of nitrogens with zero attached hydrogens (tertiary/aromatic N) is 1. The fraction of sp³-hybridized carbons (Fsp3) is 0.188. The van der Waals surface area contributed by atoms with Crippen LogP contribution in [0.15, 0.2) is 34.2 Å². The van der Waals surface area contributed by atoms with Crippen LogP contribution in [-0.4, -0.2) is 36.5 Å². The van der Waals surface area contributed by atoms with Gasteiger partial charge in [-0.25, -0.2) is 8.42 Å². The van der Waals surface area contributed by atoms with E-state index >= 15 is 0 Å². The Kier molecular flexibility index (Phi) is 4.81. The molecule has 1 aliphatic heterocycles. The Morgan fingerprint density at radius 2 is 2.16 bits per heavy atom. The second-order valence-corrected chi connectivity index (χ2v) is 8.99. The van der Waals surface area contributed by atoms with E-state index in [1.807, 2.05) is 0 Å². The van der Waals surface area contributed by atoms with Crippen LogP contribution in [0.2, 0.25) is 0 Å². The Morgan fingerprint density at radius 1 is 1.40 bits per heavy atom. The molecule has 0 radical (unpaired) electrons.